The van der Waals surface area contributed by atoms with E-state index >= 15 is 0 Å². The van der Waals surface area contributed by atoms with Crippen LogP contribution in [0.5, 0.6) is 5.75 Å². The summed E-state index contributed by atoms with van der Waals surface area (Å²) in [6.45, 7) is 1.91. The summed E-state index contributed by atoms with van der Waals surface area (Å²) >= 11 is 2.16. The number of hydrogen-bond donors (Lipinski definition) is 2. The lowest BCUT2D eigenvalue weighted by atomic mass is 10.1. The number of carbonyl (C=O) groups excluding carboxylic acids is 1. The van der Waals surface area contributed by atoms with Crippen LogP contribution in [0.2, 0.25) is 0 Å². The second-order valence-corrected chi connectivity index (χ2v) is 5.52. The highest BCUT2D eigenvalue weighted by Crippen LogP contribution is 2.19. The fraction of sp³-hybridized carbons (Fsp3) is 0.462. The lowest BCUT2D eigenvalue weighted by molar-refractivity contribution is 0.0930. The molecule has 1 heterocycles. The smallest absolute Gasteiger partial charge is 0.252 e. The summed E-state index contributed by atoms with van der Waals surface area (Å²) in [4.78, 5) is 12.1. The Balaban J connectivity index is 0.00000180. The second kappa shape index (κ2) is 7.91. The number of halogens is 2. The number of carbonyl (C=O) groups is 1. The fourth-order valence-electron chi connectivity index (χ4n) is 2.05. The summed E-state index contributed by atoms with van der Waals surface area (Å²) in [6.07, 6.45) is 2.16. The van der Waals surface area contributed by atoms with Gasteiger partial charge in [-0.2, -0.15) is 0 Å². The summed E-state index contributed by atoms with van der Waals surface area (Å²) < 4.78 is 6.04. The number of hydrogen-bond acceptors (Lipinski definition) is 3. The SMILES string of the molecule is COc1ccc(C(=O)NC2CCCNC2)c(I)c1.Cl. The Kier molecular flexibility index (Phi) is 6.88. The van der Waals surface area contributed by atoms with Crippen molar-refractivity contribution in [2.24, 2.45) is 0 Å². The van der Waals surface area contributed by atoms with E-state index < -0.39 is 0 Å². The van der Waals surface area contributed by atoms with Crippen LogP contribution in [0.3, 0.4) is 0 Å². The molecule has 0 radical (unpaired) electrons. The van der Waals surface area contributed by atoms with E-state index in [0.717, 1.165) is 35.3 Å². The van der Waals surface area contributed by atoms with Crippen LogP contribution in [0.1, 0.15) is 23.2 Å². The summed E-state index contributed by atoms with van der Waals surface area (Å²) in [5.41, 5.74) is 0.710. The first-order chi connectivity index (χ1) is 8.70. The predicted octanol–water partition coefficient (Wildman–Crippen LogP) is 2.20. The average molecular weight is 397 g/mol. The minimum Gasteiger partial charge on any atom is -0.497 e. The first-order valence-corrected chi connectivity index (χ1v) is 7.13. The molecule has 19 heavy (non-hydrogen) atoms. The van der Waals surface area contributed by atoms with Crippen molar-refractivity contribution >= 4 is 40.9 Å². The summed E-state index contributed by atoms with van der Waals surface area (Å²) in [5.74, 6) is 0.769. The third kappa shape index (κ3) is 4.50. The molecule has 0 saturated carbocycles. The highest BCUT2D eigenvalue weighted by molar-refractivity contribution is 14.1. The van der Waals surface area contributed by atoms with Crippen molar-refractivity contribution < 1.29 is 9.53 Å². The fourth-order valence-corrected chi connectivity index (χ4v) is 2.78. The van der Waals surface area contributed by atoms with E-state index in [2.05, 4.69) is 33.2 Å². The van der Waals surface area contributed by atoms with E-state index in [1.54, 1.807) is 7.11 Å². The molecule has 1 atom stereocenters. The molecule has 1 amide bonds. The van der Waals surface area contributed by atoms with Gasteiger partial charge < -0.3 is 15.4 Å². The molecule has 1 aromatic rings. The molecule has 1 aliphatic heterocycles. The minimum atomic E-state index is -0.00393. The molecule has 1 aromatic carbocycles. The van der Waals surface area contributed by atoms with Crippen LogP contribution in [-0.2, 0) is 0 Å². The summed E-state index contributed by atoms with van der Waals surface area (Å²) in [7, 11) is 1.62. The maximum absolute atomic E-state index is 12.1. The van der Waals surface area contributed by atoms with Crippen LogP contribution in [0.15, 0.2) is 18.2 Å². The molecule has 0 aliphatic carbocycles. The van der Waals surface area contributed by atoms with Gasteiger partial charge in [0.15, 0.2) is 0 Å². The number of methoxy groups -OCH3 is 1. The van der Waals surface area contributed by atoms with Crippen LogP contribution in [-0.4, -0.2) is 32.1 Å². The summed E-state index contributed by atoms with van der Waals surface area (Å²) in [5, 5.41) is 6.35. The molecule has 106 valence electrons. The van der Waals surface area contributed by atoms with Crippen molar-refractivity contribution in [2.45, 2.75) is 18.9 Å². The molecule has 0 aromatic heterocycles. The number of amides is 1. The zero-order valence-corrected chi connectivity index (χ0v) is 13.7. The Bertz CT molecular complexity index is 437. The molecule has 1 unspecified atom stereocenters. The maximum atomic E-state index is 12.1. The van der Waals surface area contributed by atoms with E-state index in [-0.39, 0.29) is 24.4 Å². The topological polar surface area (TPSA) is 50.4 Å². The molecular formula is C13H18ClIN2O2. The van der Waals surface area contributed by atoms with Gasteiger partial charge in [0.05, 0.1) is 12.7 Å². The Morgan fingerprint density at radius 3 is 2.89 bits per heavy atom. The van der Waals surface area contributed by atoms with Gasteiger partial charge in [0, 0.05) is 16.2 Å². The Morgan fingerprint density at radius 1 is 1.53 bits per heavy atom. The average Bonchev–Trinajstić information content (AvgIpc) is 2.39. The van der Waals surface area contributed by atoms with Crippen LogP contribution in [0.4, 0.5) is 0 Å². The number of rotatable bonds is 3. The van der Waals surface area contributed by atoms with Gasteiger partial charge in [-0.3, -0.25) is 4.79 Å². The van der Waals surface area contributed by atoms with Crippen molar-refractivity contribution in [2.75, 3.05) is 20.2 Å². The first-order valence-electron chi connectivity index (χ1n) is 6.06. The minimum absolute atomic E-state index is 0. The molecule has 2 N–H and O–H groups in total. The molecular weight excluding hydrogens is 379 g/mol. The zero-order chi connectivity index (χ0) is 13.0. The van der Waals surface area contributed by atoms with Crippen LogP contribution >= 0.6 is 35.0 Å². The monoisotopic (exact) mass is 396 g/mol. The Labute approximate surface area is 133 Å². The molecule has 1 fully saturated rings. The maximum Gasteiger partial charge on any atom is 0.252 e. The van der Waals surface area contributed by atoms with Crippen LogP contribution in [0, 0.1) is 3.57 Å². The van der Waals surface area contributed by atoms with Gasteiger partial charge in [0.25, 0.3) is 5.91 Å². The van der Waals surface area contributed by atoms with Gasteiger partial charge in [-0.05, 0) is 60.2 Å². The summed E-state index contributed by atoms with van der Waals surface area (Å²) in [6, 6.07) is 5.74. The molecule has 2 rings (SSSR count). The van der Waals surface area contributed by atoms with E-state index in [1.807, 2.05) is 18.2 Å². The molecule has 6 heteroatoms. The van der Waals surface area contributed by atoms with E-state index in [9.17, 15) is 4.79 Å². The number of ether oxygens (including phenoxy) is 1. The van der Waals surface area contributed by atoms with Crippen LogP contribution < -0.4 is 15.4 Å². The molecule has 1 saturated heterocycles. The molecule has 1 aliphatic rings. The zero-order valence-electron chi connectivity index (χ0n) is 10.7. The third-order valence-corrected chi connectivity index (χ3v) is 3.95. The van der Waals surface area contributed by atoms with Gasteiger partial charge in [-0.25, -0.2) is 0 Å². The highest BCUT2D eigenvalue weighted by Gasteiger charge is 2.17. The van der Waals surface area contributed by atoms with Crippen molar-refractivity contribution in [3.63, 3.8) is 0 Å². The Hall–Kier alpha value is -0.530. The van der Waals surface area contributed by atoms with Gasteiger partial charge in [0.1, 0.15) is 5.75 Å². The lowest BCUT2D eigenvalue weighted by Gasteiger charge is -2.24. The number of benzene rings is 1. The van der Waals surface area contributed by atoms with Crippen molar-refractivity contribution in [3.05, 3.63) is 27.3 Å². The van der Waals surface area contributed by atoms with Gasteiger partial charge in [-0.1, -0.05) is 0 Å². The predicted molar refractivity (Wildman–Crippen MR) is 86.3 cm³/mol. The van der Waals surface area contributed by atoms with Crippen molar-refractivity contribution in [1.29, 1.82) is 0 Å². The van der Waals surface area contributed by atoms with E-state index in [1.165, 1.54) is 0 Å². The highest BCUT2D eigenvalue weighted by atomic mass is 127. The Morgan fingerprint density at radius 2 is 2.32 bits per heavy atom. The van der Waals surface area contributed by atoms with E-state index in [0.29, 0.717) is 5.56 Å². The molecule has 4 nitrogen and oxygen atoms in total. The van der Waals surface area contributed by atoms with E-state index in [4.69, 9.17) is 4.74 Å². The van der Waals surface area contributed by atoms with Crippen molar-refractivity contribution in [1.82, 2.24) is 10.6 Å². The third-order valence-electron chi connectivity index (χ3n) is 3.05. The van der Waals surface area contributed by atoms with Gasteiger partial charge in [-0.15, -0.1) is 12.4 Å². The number of piperidine rings is 1. The first kappa shape index (κ1) is 16.5. The molecule has 0 spiro atoms. The van der Waals surface area contributed by atoms with Gasteiger partial charge in [0.2, 0.25) is 0 Å². The number of nitrogens with one attached hydrogen (secondary N) is 2. The second-order valence-electron chi connectivity index (χ2n) is 4.36. The van der Waals surface area contributed by atoms with Crippen LogP contribution in [0.25, 0.3) is 0 Å². The van der Waals surface area contributed by atoms with Gasteiger partial charge >= 0.3 is 0 Å². The largest absolute Gasteiger partial charge is 0.497 e. The quantitative estimate of drug-likeness (QED) is 0.770. The molecule has 0 bridgehead atoms. The lowest BCUT2D eigenvalue weighted by Crippen LogP contribution is -2.45. The van der Waals surface area contributed by atoms with Crippen molar-refractivity contribution in [3.8, 4) is 5.75 Å². The normalized spacial score (nSPS) is 18.3. The standard InChI is InChI=1S/C13H17IN2O2.ClH/c1-18-10-4-5-11(12(14)7-10)13(17)16-9-3-2-6-15-8-9;/h4-5,7,9,15H,2-3,6,8H2,1H3,(H,16,17);1H.